The lowest BCUT2D eigenvalue weighted by molar-refractivity contribution is -0.150. The van der Waals surface area contributed by atoms with E-state index in [1.54, 1.807) is 0 Å². The van der Waals surface area contributed by atoms with Crippen molar-refractivity contribution in [2.45, 2.75) is 54.7 Å². The van der Waals surface area contributed by atoms with Crippen molar-refractivity contribution in [3.05, 3.63) is 0 Å². The number of hydrogen-bond donors (Lipinski definition) is 2. The molecule has 5 rings (SSSR count). The van der Waals surface area contributed by atoms with Gasteiger partial charge < -0.3 is 10.4 Å². The van der Waals surface area contributed by atoms with Crippen LogP contribution in [0.1, 0.15) is 39.0 Å². The first kappa shape index (κ1) is 10.7. The van der Waals surface area contributed by atoms with Gasteiger partial charge in [-0.3, -0.25) is 4.79 Å². The molecule has 3 nitrogen and oxygen atoms in total. The van der Waals surface area contributed by atoms with Gasteiger partial charge in [0.15, 0.2) is 0 Å². The zero-order chi connectivity index (χ0) is 11.8. The van der Waals surface area contributed by atoms with Crippen molar-refractivity contribution >= 4 is 17.7 Å². The van der Waals surface area contributed by atoms with Crippen LogP contribution in [0.25, 0.3) is 0 Å². The highest BCUT2D eigenvalue weighted by atomic mass is 32.2. The summed E-state index contributed by atoms with van der Waals surface area (Å²) in [5.41, 5.74) is -0.404. The molecule has 94 valence electrons. The number of amides is 1. The van der Waals surface area contributed by atoms with Crippen molar-refractivity contribution in [3.8, 4) is 0 Å². The molecule has 0 radical (unpaired) electrons. The molecular formula is C13H19NO2S. The SMILES string of the molecule is C[C@@H]1SC2(NC1=O)[C@@H]1CC3C[C@H]2CC(O)(C3)C1. The number of rotatable bonds is 0. The van der Waals surface area contributed by atoms with Crippen molar-refractivity contribution in [1.29, 1.82) is 0 Å². The Morgan fingerprint density at radius 2 is 1.94 bits per heavy atom. The molecule has 0 aromatic rings. The molecule has 1 heterocycles. The Labute approximate surface area is 106 Å². The van der Waals surface area contributed by atoms with Crippen LogP contribution in [0.2, 0.25) is 0 Å². The highest BCUT2D eigenvalue weighted by molar-refractivity contribution is 8.02. The molecule has 5 aliphatic rings. The van der Waals surface area contributed by atoms with Crippen LogP contribution in [0.4, 0.5) is 0 Å². The number of nitrogens with one attached hydrogen (secondary N) is 1. The molecule has 4 heteroatoms. The summed E-state index contributed by atoms with van der Waals surface area (Å²) in [6.45, 7) is 2.01. The van der Waals surface area contributed by atoms with E-state index in [1.807, 2.05) is 18.7 Å². The maximum atomic E-state index is 11.9. The number of hydrogen-bond acceptors (Lipinski definition) is 3. The second kappa shape index (κ2) is 3.02. The first-order valence-electron chi connectivity index (χ1n) is 6.73. The summed E-state index contributed by atoms with van der Waals surface area (Å²) in [6, 6.07) is 0. The van der Waals surface area contributed by atoms with E-state index in [4.69, 9.17) is 0 Å². The van der Waals surface area contributed by atoms with Gasteiger partial charge in [-0.25, -0.2) is 0 Å². The third kappa shape index (κ3) is 1.26. The molecule has 17 heavy (non-hydrogen) atoms. The molecule has 1 saturated heterocycles. The Morgan fingerprint density at radius 1 is 1.29 bits per heavy atom. The van der Waals surface area contributed by atoms with Gasteiger partial charge in [-0.15, -0.1) is 11.8 Å². The van der Waals surface area contributed by atoms with Crippen LogP contribution in [0.3, 0.4) is 0 Å². The summed E-state index contributed by atoms with van der Waals surface area (Å²) >= 11 is 1.84. The smallest absolute Gasteiger partial charge is 0.234 e. The molecule has 5 fully saturated rings. The van der Waals surface area contributed by atoms with E-state index in [9.17, 15) is 9.90 Å². The van der Waals surface area contributed by atoms with Crippen LogP contribution in [-0.2, 0) is 4.79 Å². The average Bonchev–Trinajstić information content (AvgIpc) is 2.51. The molecular weight excluding hydrogens is 234 g/mol. The van der Waals surface area contributed by atoms with Crippen molar-refractivity contribution in [1.82, 2.24) is 5.32 Å². The molecule has 0 aromatic heterocycles. The van der Waals surface area contributed by atoms with Crippen molar-refractivity contribution in [3.63, 3.8) is 0 Å². The lowest BCUT2D eigenvalue weighted by atomic mass is 9.52. The maximum absolute atomic E-state index is 11.9. The van der Waals surface area contributed by atoms with Gasteiger partial charge in [-0.2, -0.15) is 0 Å². The largest absolute Gasteiger partial charge is 0.390 e. The Morgan fingerprint density at radius 3 is 2.41 bits per heavy atom. The fourth-order valence-corrected chi connectivity index (χ4v) is 6.65. The monoisotopic (exact) mass is 253 g/mol. The Balaban J connectivity index is 1.73. The summed E-state index contributed by atoms with van der Waals surface area (Å²) in [6.07, 6.45) is 5.22. The van der Waals surface area contributed by atoms with E-state index in [-0.39, 0.29) is 16.0 Å². The minimum Gasteiger partial charge on any atom is -0.390 e. The van der Waals surface area contributed by atoms with Crippen LogP contribution in [0.15, 0.2) is 0 Å². The predicted octanol–water partition coefficient (Wildman–Crippen LogP) is 1.51. The zero-order valence-electron chi connectivity index (χ0n) is 10.1. The van der Waals surface area contributed by atoms with E-state index in [0.29, 0.717) is 17.8 Å². The van der Waals surface area contributed by atoms with Crippen LogP contribution in [0.5, 0.6) is 0 Å². The van der Waals surface area contributed by atoms with Crippen LogP contribution in [-0.4, -0.2) is 26.7 Å². The Bertz CT molecular complexity index is 381. The fraction of sp³-hybridized carbons (Fsp3) is 0.923. The van der Waals surface area contributed by atoms with E-state index < -0.39 is 5.60 Å². The summed E-state index contributed by atoms with van der Waals surface area (Å²) in [5, 5.41) is 13.9. The standard InChI is InChI=1S/C13H19NO2S/c1-7-11(15)14-13(17-7)9-2-8-3-10(13)6-12(16,4-8)5-9/h7-10,16H,2-6H2,1H3,(H,14,15)/t7-,8?,9-,10+,12?,13?/m0/s1. The summed E-state index contributed by atoms with van der Waals surface area (Å²) in [4.78, 5) is 11.8. The fourth-order valence-electron chi connectivity index (χ4n) is 4.99. The quantitative estimate of drug-likeness (QED) is 0.688. The number of carbonyl (C=O) groups is 1. The third-order valence-electron chi connectivity index (χ3n) is 5.43. The lowest BCUT2D eigenvalue weighted by Crippen LogP contribution is -2.66. The van der Waals surface area contributed by atoms with E-state index in [0.717, 1.165) is 19.3 Å². The summed E-state index contributed by atoms with van der Waals surface area (Å²) in [5.74, 6) is 1.90. The van der Waals surface area contributed by atoms with Crippen molar-refractivity contribution < 1.29 is 9.90 Å². The number of aliphatic hydroxyl groups is 1. The predicted molar refractivity (Wildman–Crippen MR) is 66.4 cm³/mol. The molecule has 1 amide bonds. The van der Waals surface area contributed by atoms with Crippen molar-refractivity contribution in [2.75, 3.05) is 0 Å². The van der Waals surface area contributed by atoms with Crippen LogP contribution < -0.4 is 5.32 Å². The molecule has 2 N–H and O–H groups in total. The zero-order valence-corrected chi connectivity index (χ0v) is 10.9. The summed E-state index contributed by atoms with van der Waals surface area (Å²) in [7, 11) is 0. The van der Waals surface area contributed by atoms with Gasteiger partial charge in [-0.05, 0) is 56.8 Å². The Kier molecular flexibility index (Phi) is 1.90. The molecule has 0 aromatic carbocycles. The molecule has 1 spiro atoms. The molecule has 4 bridgehead atoms. The minimum absolute atomic E-state index is 0.0281. The number of carbonyl (C=O) groups excluding carboxylic acids is 1. The maximum Gasteiger partial charge on any atom is 0.234 e. The van der Waals surface area contributed by atoms with Gasteiger partial charge in [0.05, 0.1) is 15.7 Å². The molecule has 4 aliphatic carbocycles. The topological polar surface area (TPSA) is 49.3 Å². The second-order valence-electron chi connectivity index (χ2n) is 6.61. The molecule has 3 unspecified atom stereocenters. The number of thioether (sulfide) groups is 1. The lowest BCUT2D eigenvalue weighted by Gasteiger charge is -2.62. The molecule has 4 saturated carbocycles. The summed E-state index contributed by atoms with van der Waals surface area (Å²) < 4.78 is 0. The van der Waals surface area contributed by atoms with Crippen LogP contribution in [0, 0.1) is 17.8 Å². The normalized spacial score (nSPS) is 60.0. The molecule has 6 atom stereocenters. The molecule has 1 aliphatic heterocycles. The first-order valence-corrected chi connectivity index (χ1v) is 7.61. The van der Waals surface area contributed by atoms with Gasteiger partial charge in [0.25, 0.3) is 0 Å². The van der Waals surface area contributed by atoms with Gasteiger partial charge in [0, 0.05) is 0 Å². The average molecular weight is 253 g/mol. The highest BCUT2D eigenvalue weighted by Gasteiger charge is 2.65. The van der Waals surface area contributed by atoms with E-state index in [1.165, 1.54) is 12.8 Å². The van der Waals surface area contributed by atoms with E-state index in [2.05, 4.69) is 5.32 Å². The minimum atomic E-state index is -0.404. The van der Waals surface area contributed by atoms with Gasteiger partial charge in [0.1, 0.15) is 0 Å². The first-order chi connectivity index (χ1) is 8.01. The third-order valence-corrected chi connectivity index (χ3v) is 7.16. The van der Waals surface area contributed by atoms with Crippen LogP contribution >= 0.6 is 11.8 Å². The van der Waals surface area contributed by atoms with E-state index >= 15 is 0 Å². The van der Waals surface area contributed by atoms with Gasteiger partial charge in [-0.1, -0.05) is 0 Å². The van der Waals surface area contributed by atoms with Gasteiger partial charge >= 0.3 is 0 Å². The second-order valence-corrected chi connectivity index (χ2v) is 8.23. The Hall–Kier alpha value is -0.220. The van der Waals surface area contributed by atoms with Crippen molar-refractivity contribution in [2.24, 2.45) is 17.8 Å². The highest BCUT2D eigenvalue weighted by Crippen LogP contribution is 2.64. The van der Waals surface area contributed by atoms with Gasteiger partial charge in [0.2, 0.25) is 5.91 Å².